The van der Waals surface area contributed by atoms with Crippen molar-refractivity contribution >= 4 is 16.7 Å². The fraction of sp³-hybridized carbons (Fsp3) is 0.292. The maximum absolute atomic E-state index is 12.8. The second kappa shape index (κ2) is 8.26. The van der Waals surface area contributed by atoms with Gasteiger partial charge in [0.25, 0.3) is 5.91 Å². The van der Waals surface area contributed by atoms with Crippen molar-refractivity contribution < 1.29 is 9.53 Å². The van der Waals surface area contributed by atoms with E-state index in [1.54, 1.807) is 0 Å². The summed E-state index contributed by atoms with van der Waals surface area (Å²) in [6, 6.07) is 24.3. The molecule has 0 radical (unpaired) electrons. The molecule has 1 atom stereocenters. The van der Waals surface area contributed by atoms with Gasteiger partial charge >= 0.3 is 0 Å². The highest BCUT2D eigenvalue weighted by Gasteiger charge is 2.26. The molecule has 0 aliphatic carbocycles. The van der Waals surface area contributed by atoms with Crippen LogP contribution in [0.25, 0.3) is 10.8 Å². The van der Waals surface area contributed by atoms with Gasteiger partial charge in [0.15, 0.2) is 6.10 Å². The number of nitrogens with one attached hydrogen (secondary N) is 1. The largest absolute Gasteiger partial charge is 0.481 e. The Morgan fingerprint density at radius 1 is 0.963 bits per heavy atom. The fourth-order valence-electron chi connectivity index (χ4n) is 3.29. The Hall–Kier alpha value is -2.81. The van der Waals surface area contributed by atoms with Crippen LogP contribution in [0.3, 0.4) is 0 Å². The molecule has 0 aliphatic rings. The van der Waals surface area contributed by atoms with Gasteiger partial charge in [-0.1, -0.05) is 67.6 Å². The fourth-order valence-corrected chi connectivity index (χ4v) is 3.29. The van der Waals surface area contributed by atoms with E-state index in [9.17, 15) is 4.79 Å². The highest BCUT2D eigenvalue weighted by Crippen LogP contribution is 2.22. The SMILES string of the molecule is CCC(Oc1ccc2ccccc2c1)C(=O)NC(C)(C)Cc1ccccc1. The average molecular weight is 361 g/mol. The molecule has 0 bridgehead atoms. The minimum Gasteiger partial charge on any atom is -0.481 e. The molecular weight excluding hydrogens is 334 g/mol. The Bertz CT molecular complexity index is 902. The lowest BCUT2D eigenvalue weighted by Crippen LogP contribution is -2.50. The van der Waals surface area contributed by atoms with E-state index in [4.69, 9.17) is 4.74 Å². The van der Waals surface area contributed by atoms with E-state index >= 15 is 0 Å². The molecule has 3 nitrogen and oxygen atoms in total. The summed E-state index contributed by atoms with van der Waals surface area (Å²) in [5.74, 6) is 0.642. The molecule has 0 fully saturated rings. The van der Waals surface area contributed by atoms with Crippen molar-refractivity contribution in [1.29, 1.82) is 0 Å². The number of carbonyl (C=O) groups is 1. The first kappa shape index (κ1) is 19.0. The third-order valence-electron chi connectivity index (χ3n) is 4.61. The second-order valence-electron chi connectivity index (χ2n) is 7.56. The highest BCUT2D eigenvalue weighted by molar-refractivity contribution is 5.84. The second-order valence-corrected chi connectivity index (χ2v) is 7.56. The maximum Gasteiger partial charge on any atom is 0.261 e. The Morgan fingerprint density at radius 2 is 1.63 bits per heavy atom. The summed E-state index contributed by atoms with van der Waals surface area (Å²) in [7, 11) is 0. The summed E-state index contributed by atoms with van der Waals surface area (Å²) in [5.41, 5.74) is 0.852. The number of hydrogen-bond acceptors (Lipinski definition) is 2. The molecule has 0 aromatic heterocycles. The van der Waals surface area contributed by atoms with Gasteiger partial charge in [0.2, 0.25) is 0 Å². The zero-order valence-electron chi connectivity index (χ0n) is 16.2. The van der Waals surface area contributed by atoms with Crippen LogP contribution >= 0.6 is 0 Å². The summed E-state index contributed by atoms with van der Waals surface area (Å²) in [6.07, 6.45) is 0.868. The molecular formula is C24H27NO2. The van der Waals surface area contributed by atoms with Gasteiger partial charge in [0.1, 0.15) is 5.75 Å². The molecule has 0 saturated carbocycles. The lowest BCUT2D eigenvalue weighted by Gasteiger charge is -2.29. The summed E-state index contributed by atoms with van der Waals surface area (Å²) >= 11 is 0. The Labute approximate surface area is 161 Å². The summed E-state index contributed by atoms with van der Waals surface area (Å²) in [4.78, 5) is 12.8. The lowest BCUT2D eigenvalue weighted by molar-refractivity contribution is -0.129. The Kier molecular flexibility index (Phi) is 5.80. The van der Waals surface area contributed by atoms with Crippen molar-refractivity contribution in [2.75, 3.05) is 0 Å². The van der Waals surface area contributed by atoms with Crippen LogP contribution in [0.15, 0.2) is 72.8 Å². The monoisotopic (exact) mass is 361 g/mol. The normalized spacial score (nSPS) is 12.6. The Balaban J connectivity index is 1.67. The third-order valence-corrected chi connectivity index (χ3v) is 4.61. The van der Waals surface area contributed by atoms with Gasteiger partial charge in [-0.25, -0.2) is 0 Å². The number of fused-ring (bicyclic) bond motifs is 1. The van der Waals surface area contributed by atoms with Gasteiger partial charge in [0.05, 0.1) is 0 Å². The molecule has 1 unspecified atom stereocenters. The lowest BCUT2D eigenvalue weighted by atomic mass is 9.94. The minimum atomic E-state index is -0.513. The average Bonchev–Trinajstić information content (AvgIpc) is 2.65. The molecule has 0 saturated heterocycles. The van der Waals surface area contributed by atoms with Crippen molar-refractivity contribution in [3.63, 3.8) is 0 Å². The van der Waals surface area contributed by atoms with Gasteiger partial charge in [-0.15, -0.1) is 0 Å². The van der Waals surface area contributed by atoms with Crippen molar-refractivity contribution in [1.82, 2.24) is 5.32 Å². The number of hydrogen-bond donors (Lipinski definition) is 1. The molecule has 0 aliphatic heterocycles. The first-order valence-electron chi connectivity index (χ1n) is 9.48. The van der Waals surface area contributed by atoms with E-state index in [0.717, 1.165) is 22.9 Å². The smallest absolute Gasteiger partial charge is 0.261 e. The van der Waals surface area contributed by atoms with Crippen LogP contribution in [0.5, 0.6) is 5.75 Å². The predicted octanol–water partition coefficient (Wildman–Crippen LogP) is 5.13. The van der Waals surface area contributed by atoms with E-state index in [-0.39, 0.29) is 11.4 Å². The molecule has 27 heavy (non-hydrogen) atoms. The van der Waals surface area contributed by atoms with Crippen LogP contribution in [0, 0.1) is 0 Å². The minimum absolute atomic E-state index is 0.0772. The number of rotatable bonds is 7. The summed E-state index contributed by atoms with van der Waals surface area (Å²) < 4.78 is 6.02. The zero-order valence-corrected chi connectivity index (χ0v) is 16.2. The van der Waals surface area contributed by atoms with Crippen LogP contribution in [-0.4, -0.2) is 17.6 Å². The van der Waals surface area contributed by atoms with Gasteiger partial charge in [-0.3, -0.25) is 4.79 Å². The van der Waals surface area contributed by atoms with Gasteiger partial charge in [-0.05, 0) is 55.2 Å². The topological polar surface area (TPSA) is 38.3 Å². The van der Waals surface area contributed by atoms with Crippen LogP contribution in [0.4, 0.5) is 0 Å². The van der Waals surface area contributed by atoms with E-state index in [1.807, 2.05) is 75.4 Å². The van der Waals surface area contributed by atoms with Crippen LogP contribution in [-0.2, 0) is 11.2 Å². The van der Waals surface area contributed by atoms with Crippen molar-refractivity contribution in [2.24, 2.45) is 0 Å². The number of benzene rings is 3. The molecule has 0 spiro atoms. The quantitative estimate of drug-likeness (QED) is 0.633. The van der Waals surface area contributed by atoms with E-state index in [1.165, 1.54) is 5.56 Å². The molecule has 3 aromatic rings. The third kappa shape index (κ3) is 5.10. The highest BCUT2D eigenvalue weighted by atomic mass is 16.5. The van der Waals surface area contributed by atoms with Gasteiger partial charge in [-0.2, -0.15) is 0 Å². The molecule has 0 heterocycles. The van der Waals surface area contributed by atoms with Crippen molar-refractivity contribution in [2.45, 2.75) is 45.3 Å². The molecule has 3 rings (SSSR count). The van der Waals surface area contributed by atoms with E-state index < -0.39 is 6.10 Å². The first-order valence-corrected chi connectivity index (χ1v) is 9.48. The zero-order chi connectivity index (χ0) is 19.3. The number of ether oxygens (including phenoxy) is 1. The molecule has 3 heteroatoms. The standard InChI is InChI=1S/C24H27NO2/c1-4-22(27-21-15-14-19-12-8-9-13-20(19)16-21)23(26)25-24(2,3)17-18-10-6-5-7-11-18/h5-16,22H,4,17H2,1-3H3,(H,25,26). The summed E-state index contributed by atoms with van der Waals surface area (Å²) in [6.45, 7) is 6.05. The number of amides is 1. The van der Waals surface area contributed by atoms with Crippen LogP contribution < -0.4 is 10.1 Å². The number of carbonyl (C=O) groups excluding carboxylic acids is 1. The van der Waals surface area contributed by atoms with Gasteiger partial charge < -0.3 is 10.1 Å². The predicted molar refractivity (Wildman–Crippen MR) is 111 cm³/mol. The van der Waals surface area contributed by atoms with Gasteiger partial charge in [0, 0.05) is 5.54 Å². The molecule has 1 amide bonds. The molecule has 1 N–H and O–H groups in total. The molecule has 140 valence electrons. The van der Waals surface area contributed by atoms with E-state index in [2.05, 4.69) is 23.5 Å². The maximum atomic E-state index is 12.8. The summed E-state index contributed by atoms with van der Waals surface area (Å²) in [5, 5.41) is 5.41. The van der Waals surface area contributed by atoms with E-state index in [0.29, 0.717) is 6.42 Å². The Morgan fingerprint density at radius 3 is 2.33 bits per heavy atom. The van der Waals surface area contributed by atoms with Crippen molar-refractivity contribution in [3.8, 4) is 5.75 Å². The first-order chi connectivity index (χ1) is 13.0. The molecule has 3 aromatic carbocycles. The van der Waals surface area contributed by atoms with Crippen LogP contribution in [0.2, 0.25) is 0 Å². The van der Waals surface area contributed by atoms with Crippen molar-refractivity contribution in [3.05, 3.63) is 78.4 Å². The van der Waals surface area contributed by atoms with Crippen LogP contribution in [0.1, 0.15) is 32.8 Å².